The van der Waals surface area contributed by atoms with E-state index in [1.54, 1.807) is 27.9 Å². The van der Waals surface area contributed by atoms with Crippen molar-refractivity contribution < 1.29 is 28.5 Å². The molecule has 18 nitrogen and oxygen atoms in total. The fourth-order valence-corrected chi connectivity index (χ4v) is 8.25. The fourth-order valence-electron chi connectivity index (χ4n) is 8.00. The molecule has 1 aromatic carbocycles. The summed E-state index contributed by atoms with van der Waals surface area (Å²) in [5.74, 6) is 0.197. The number of hydrogen-bond acceptors (Lipinski definition) is 12. The summed E-state index contributed by atoms with van der Waals surface area (Å²) in [6.07, 6.45) is 10.7. The molecule has 3 fully saturated rings. The SMILES string of the molecule is O=C1CCC(N2Cc3cc(N4CCN(C(=O)CCCCCc5nc(-c6ncc(NC(=O)Nc7cnc8ccnn8c7C7CC7)cc6Cl)no5)CC4)ccc3C2=O)C(=O)N1. The molecule has 3 aliphatic heterocycles. The molecule has 1 atom stereocenters. The van der Waals surface area contributed by atoms with Gasteiger partial charge >= 0.3 is 6.03 Å². The van der Waals surface area contributed by atoms with Crippen LogP contribution in [0.25, 0.3) is 17.2 Å². The number of nitrogens with one attached hydrogen (secondary N) is 3. The Bertz CT molecular complexity index is 2470. The van der Waals surface area contributed by atoms with Crippen molar-refractivity contribution in [2.45, 2.75) is 76.3 Å². The number of nitrogens with zero attached hydrogens (tertiary/aromatic N) is 9. The van der Waals surface area contributed by atoms with Crippen molar-refractivity contribution in [2.75, 3.05) is 41.7 Å². The van der Waals surface area contributed by atoms with Gasteiger partial charge in [-0.15, -0.1) is 0 Å². The average molecular weight is 821 g/mol. The van der Waals surface area contributed by atoms with Gasteiger partial charge in [0.15, 0.2) is 5.65 Å². The molecule has 2 saturated heterocycles. The number of urea groups is 1. The van der Waals surface area contributed by atoms with Crippen molar-refractivity contribution in [3.05, 3.63) is 76.7 Å². The van der Waals surface area contributed by atoms with Crippen molar-refractivity contribution >= 4 is 64.0 Å². The Hall–Kier alpha value is -6.43. The summed E-state index contributed by atoms with van der Waals surface area (Å²) in [5, 5.41) is 16.6. The maximum Gasteiger partial charge on any atom is 0.323 e. The molecule has 1 aliphatic carbocycles. The number of hydrogen-bond donors (Lipinski definition) is 3. The van der Waals surface area contributed by atoms with Crippen molar-refractivity contribution in [3.8, 4) is 11.5 Å². The lowest BCUT2D eigenvalue weighted by molar-refractivity contribution is -0.137. The molecule has 19 heteroatoms. The fraction of sp³-hybridized carbons (Fsp3) is 0.400. The molecule has 3 N–H and O–H groups in total. The molecule has 4 aliphatic rings. The number of unbranched alkanes of at least 4 members (excludes halogenated alkanes) is 2. The van der Waals surface area contributed by atoms with Gasteiger partial charge < -0.3 is 29.9 Å². The number of aryl methyl sites for hydroxylation is 1. The van der Waals surface area contributed by atoms with Crippen LogP contribution in [0, 0.1) is 0 Å². The van der Waals surface area contributed by atoms with Crippen LogP contribution in [-0.4, -0.2) is 101 Å². The Morgan fingerprint density at radius 1 is 0.949 bits per heavy atom. The van der Waals surface area contributed by atoms with E-state index in [9.17, 15) is 24.0 Å². The number of aromatic nitrogens is 6. The molecule has 1 saturated carbocycles. The van der Waals surface area contributed by atoms with E-state index in [2.05, 4.69) is 46.1 Å². The Balaban J connectivity index is 0.697. The van der Waals surface area contributed by atoms with Crippen LogP contribution < -0.4 is 20.9 Å². The number of carbonyl (C=O) groups excluding carboxylic acids is 5. The molecule has 304 valence electrons. The highest BCUT2D eigenvalue weighted by Crippen LogP contribution is 2.43. The van der Waals surface area contributed by atoms with Gasteiger partial charge in [0, 0.05) is 75.2 Å². The Morgan fingerprint density at radius 3 is 2.59 bits per heavy atom. The first kappa shape index (κ1) is 38.1. The maximum atomic E-state index is 13.1. The molecule has 0 bridgehead atoms. The lowest BCUT2D eigenvalue weighted by Crippen LogP contribution is -2.52. The van der Waals surface area contributed by atoms with Crippen LogP contribution in [0.4, 0.5) is 21.9 Å². The lowest BCUT2D eigenvalue weighted by atomic mass is 10.0. The summed E-state index contributed by atoms with van der Waals surface area (Å²) < 4.78 is 7.22. The van der Waals surface area contributed by atoms with E-state index in [0.717, 1.165) is 54.7 Å². The summed E-state index contributed by atoms with van der Waals surface area (Å²) in [6.45, 7) is 2.88. The van der Waals surface area contributed by atoms with Crippen LogP contribution in [0.3, 0.4) is 0 Å². The van der Waals surface area contributed by atoms with Crippen LogP contribution in [-0.2, 0) is 27.3 Å². The van der Waals surface area contributed by atoms with Gasteiger partial charge in [0.05, 0.1) is 40.7 Å². The van der Waals surface area contributed by atoms with E-state index < -0.39 is 18.0 Å². The van der Waals surface area contributed by atoms with E-state index in [1.807, 2.05) is 29.2 Å². The number of piperidine rings is 1. The number of pyridine rings is 1. The normalized spacial score (nSPS) is 18.0. The minimum Gasteiger partial charge on any atom is -0.368 e. The Kier molecular flexibility index (Phi) is 10.4. The number of imide groups is 1. The van der Waals surface area contributed by atoms with Crippen LogP contribution in [0.2, 0.25) is 5.02 Å². The van der Waals surface area contributed by atoms with Crippen molar-refractivity contribution in [1.82, 2.24) is 44.8 Å². The first-order valence-electron chi connectivity index (χ1n) is 19.9. The second-order valence-electron chi connectivity index (χ2n) is 15.2. The number of carbonyl (C=O) groups is 5. The summed E-state index contributed by atoms with van der Waals surface area (Å²) in [5.41, 5.74) is 5.37. The zero-order valence-corrected chi connectivity index (χ0v) is 32.8. The third-order valence-corrected chi connectivity index (χ3v) is 11.5. The van der Waals surface area contributed by atoms with Crippen LogP contribution >= 0.6 is 11.6 Å². The van der Waals surface area contributed by atoms with Gasteiger partial charge in [0.2, 0.25) is 29.4 Å². The summed E-state index contributed by atoms with van der Waals surface area (Å²) in [4.78, 5) is 81.9. The van der Waals surface area contributed by atoms with Gasteiger partial charge in [-0.1, -0.05) is 23.2 Å². The molecule has 1 unspecified atom stereocenters. The molecule has 9 rings (SSSR count). The highest BCUT2D eigenvalue weighted by atomic mass is 35.5. The molecular weight excluding hydrogens is 780 g/mol. The molecular formula is C40H41ClN12O6. The minimum absolute atomic E-state index is 0.121. The summed E-state index contributed by atoms with van der Waals surface area (Å²) in [7, 11) is 0. The predicted octanol–water partition coefficient (Wildman–Crippen LogP) is 4.56. The van der Waals surface area contributed by atoms with Gasteiger partial charge in [0.25, 0.3) is 5.91 Å². The molecule has 0 spiro atoms. The molecule has 59 heavy (non-hydrogen) atoms. The van der Waals surface area contributed by atoms with E-state index in [1.165, 1.54) is 6.20 Å². The largest absolute Gasteiger partial charge is 0.368 e. The smallest absolute Gasteiger partial charge is 0.323 e. The third-order valence-electron chi connectivity index (χ3n) is 11.2. The average Bonchev–Trinajstić information content (AvgIpc) is 3.59. The van der Waals surface area contributed by atoms with E-state index in [-0.39, 0.29) is 35.0 Å². The number of anilines is 3. The number of benzene rings is 1. The van der Waals surface area contributed by atoms with Crippen LogP contribution in [0.5, 0.6) is 0 Å². The van der Waals surface area contributed by atoms with Gasteiger partial charge in [-0.25, -0.2) is 19.3 Å². The lowest BCUT2D eigenvalue weighted by Gasteiger charge is -2.36. The Labute approximate surface area is 342 Å². The molecule has 5 aromatic rings. The van der Waals surface area contributed by atoms with Crippen molar-refractivity contribution in [1.29, 1.82) is 0 Å². The van der Waals surface area contributed by atoms with E-state index in [4.69, 9.17) is 16.1 Å². The molecule has 0 radical (unpaired) electrons. The highest BCUT2D eigenvalue weighted by molar-refractivity contribution is 6.33. The monoisotopic (exact) mass is 820 g/mol. The van der Waals surface area contributed by atoms with Gasteiger partial charge in [-0.2, -0.15) is 10.1 Å². The Morgan fingerprint density at radius 2 is 1.80 bits per heavy atom. The van der Waals surface area contributed by atoms with Crippen molar-refractivity contribution in [3.63, 3.8) is 0 Å². The second-order valence-corrected chi connectivity index (χ2v) is 15.7. The predicted molar refractivity (Wildman–Crippen MR) is 214 cm³/mol. The number of halogens is 1. The number of fused-ring (bicyclic) bond motifs is 2. The maximum absolute atomic E-state index is 13.1. The second kappa shape index (κ2) is 16.1. The third kappa shape index (κ3) is 8.04. The highest BCUT2D eigenvalue weighted by Gasteiger charge is 2.39. The van der Waals surface area contributed by atoms with Gasteiger partial charge in [-0.3, -0.25) is 24.5 Å². The summed E-state index contributed by atoms with van der Waals surface area (Å²) >= 11 is 6.54. The number of piperazine rings is 1. The quantitative estimate of drug-likeness (QED) is 0.117. The summed E-state index contributed by atoms with van der Waals surface area (Å²) in [6, 6.07) is 8.01. The van der Waals surface area contributed by atoms with Crippen molar-refractivity contribution in [2.24, 2.45) is 0 Å². The van der Waals surface area contributed by atoms with E-state index in [0.29, 0.717) is 86.4 Å². The standard InChI is InChI=1S/C40H41ClN12O6/c41-28-19-25(45-40(58)46-29-21-42-31-12-13-44-53(31)36(29)23-6-7-23)20-43-35(28)37-48-33(59-49-37)4-2-1-3-5-34(55)51-16-14-50(15-17-51)26-8-9-27-24(18-26)22-52(39(27)57)30-10-11-32(54)47-38(30)56/h8-9,12-13,18-21,23,30H,1-7,10-11,14-17,22H2,(H2,45,46,58)(H,47,54,56). The van der Waals surface area contributed by atoms with E-state index >= 15 is 0 Å². The molecule has 7 heterocycles. The number of rotatable bonds is 12. The zero-order valence-electron chi connectivity index (χ0n) is 32.0. The zero-order chi connectivity index (χ0) is 40.6. The minimum atomic E-state index is -0.646. The molecule has 4 aromatic heterocycles. The first-order valence-corrected chi connectivity index (χ1v) is 20.3. The van der Waals surface area contributed by atoms with Crippen LogP contribution in [0.15, 0.2) is 53.4 Å². The van der Waals surface area contributed by atoms with Crippen LogP contribution in [0.1, 0.15) is 84.8 Å². The first-order chi connectivity index (χ1) is 28.7. The molecule has 6 amide bonds. The number of amides is 6. The van der Waals surface area contributed by atoms with Gasteiger partial charge in [0.1, 0.15) is 11.7 Å². The topological polar surface area (TPSA) is 213 Å². The van der Waals surface area contributed by atoms with Gasteiger partial charge in [-0.05, 0) is 61.9 Å².